The number of nitrogens with zero attached hydrogens (tertiary/aromatic N) is 2. The van der Waals surface area contributed by atoms with Gasteiger partial charge in [0.15, 0.2) is 5.82 Å². The molecule has 0 amide bonds. The topological polar surface area (TPSA) is 35.0 Å². The van der Waals surface area contributed by atoms with Gasteiger partial charge in [0, 0.05) is 12.7 Å². The predicted octanol–water partition coefficient (Wildman–Crippen LogP) is 4.70. The number of benzene rings is 2. The molecule has 2 aromatic carbocycles. The average molecular weight is 411 g/mol. The van der Waals surface area contributed by atoms with Crippen LogP contribution >= 0.6 is 34.2 Å². The zero-order valence-corrected chi connectivity index (χ0v) is 14.2. The molecule has 1 aromatic heterocycles. The van der Waals surface area contributed by atoms with Gasteiger partial charge in [-0.2, -0.15) is 0 Å². The summed E-state index contributed by atoms with van der Waals surface area (Å²) < 4.78 is 6.02. The summed E-state index contributed by atoms with van der Waals surface area (Å²) in [6.07, 6.45) is 0. The van der Waals surface area contributed by atoms with Crippen LogP contribution in [0.4, 0.5) is 0 Å². The van der Waals surface area contributed by atoms with Crippen molar-refractivity contribution in [2.45, 2.75) is 6.61 Å². The Bertz CT molecular complexity index is 802. The summed E-state index contributed by atoms with van der Waals surface area (Å²) in [6.45, 7) is 0.415. The van der Waals surface area contributed by atoms with E-state index >= 15 is 0 Å². The molecule has 0 spiro atoms. The molecule has 0 radical (unpaired) electrons. The van der Waals surface area contributed by atoms with Crippen LogP contribution in [0.3, 0.4) is 0 Å². The van der Waals surface area contributed by atoms with Gasteiger partial charge in [0.2, 0.25) is 0 Å². The minimum Gasteiger partial charge on any atom is -0.378 e. The number of hydrogen-bond acceptors (Lipinski definition) is 3. The molecule has 0 bridgehead atoms. The highest BCUT2D eigenvalue weighted by molar-refractivity contribution is 14.1. The van der Waals surface area contributed by atoms with E-state index in [-0.39, 0.29) is 0 Å². The zero-order valence-electron chi connectivity index (χ0n) is 11.3. The van der Waals surface area contributed by atoms with Gasteiger partial charge in [-0.25, -0.2) is 9.97 Å². The normalized spacial score (nSPS) is 11.0. The first-order chi connectivity index (χ1) is 10.2. The van der Waals surface area contributed by atoms with Crippen LogP contribution < -0.4 is 0 Å². The Morgan fingerprint density at radius 1 is 1.10 bits per heavy atom. The number of aromatic nitrogens is 2. The Labute approximate surface area is 141 Å². The van der Waals surface area contributed by atoms with E-state index in [0.29, 0.717) is 17.6 Å². The maximum atomic E-state index is 6.24. The second kappa shape index (κ2) is 6.25. The largest absolute Gasteiger partial charge is 0.378 e. The second-order valence-electron chi connectivity index (χ2n) is 4.56. The summed E-state index contributed by atoms with van der Waals surface area (Å²) in [7, 11) is 1.64. The molecule has 0 N–H and O–H groups in total. The van der Waals surface area contributed by atoms with Crippen molar-refractivity contribution < 1.29 is 4.74 Å². The molecular weight excluding hydrogens is 399 g/mol. The molecular formula is C16H12ClIN2O. The second-order valence-corrected chi connectivity index (χ2v) is 6.00. The average Bonchev–Trinajstić information content (AvgIpc) is 2.51. The third-order valence-electron chi connectivity index (χ3n) is 3.19. The van der Waals surface area contributed by atoms with E-state index < -0.39 is 0 Å². The minimum absolute atomic E-state index is 0.415. The van der Waals surface area contributed by atoms with Gasteiger partial charge in [0.05, 0.1) is 15.9 Å². The Morgan fingerprint density at radius 3 is 2.67 bits per heavy atom. The van der Waals surface area contributed by atoms with E-state index in [9.17, 15) is 0 Å². The molecule has 0 unspecified atom stereocenters. The Kier molecular flexibility index (Phi) is 4.37. The van der Waals surface area contributed by atoms with Crippen molar-refractivity contribution in [3.63, 3.8) is 0 Å². The van der Waals surface area contributed by atoms with Gasteiger partial charge in [-0.3, -0.25) is 0 Å². The van der Waals surface area contributed by atoms with Gasteiger partial charge < -0.3 is 4.74 Å². The highest BCUT2D eigenvalue weighted by Crippen LogP contribution is 2.29. The van der Waals surface area contributed by atoms with E-state index in [4.69, 9.17) is 16.3 Å². The summed E-state index contributed by atoms with van der Waals surface area (Å²) in [4.78, 5) is 9.04. The van der Waals surface area contributed by atoms with E-state index in [0.717, 1.165) is 25.6 Å². The highest BCUT2D eigenvalue weighted by Gasteiger charge is 2.13. The van der Waals surface area contributed by atoms with E-state index in [1.807, 2.05) is 24.3 Å². The Hall–Kier alpha value is -1.24. The fourth-order valence-electron chi connectivity index (χ4n) is 2.24. The number of rotatable bonds is 3. The molecule has 0 saturated carbocycles. The van der Waals surface area contributed by atoms with Gasteiger partial charge in [-0.05, 0) is 33.4 Å². The number of hydrogen-bond donors (Lipinski definition) is 0. The molecule has 106 valence electrons. The summed E-state index contributed by atoms with van der Waals surface area (Å²) in [5, 5.41) is 2.72. The van der Waals surface area contributed by atoms with Crippen LogP contribution in [0.5, 0.6) is 0 Å². The van der Waals surface area contributed by atoms with Crippen molar-refractivity contribution in [3.05, 3.63) is 56.9 Å². The van der Waals surface area contributed by atoms with Gasteiger partial charge in [-0.1, -0.05) is 54.1 Å². The van der Waals surface area contributed by atoms with Crippen LogP contribution in [0.25, 0.3) is 22.2 Å². The SMILES string of the molecule is COCc1nc(-c2cccc3ccccc23)nc(Cl)c1I. The van der Waals surface area contributed by atoms with Crippen molar-refractivity contribution in [1.82, 2.24) is 9.97 Å². The van der Waals surface area contributed by atoms with Crippen LogP contribution in [-0.4, -0.2) is 17.1 Å². The van der Waals surface area contributed by atoms with Crippen LogP contribution in [0.1, 0.15) is 5.69 Å². The lowest BCUT2D eigenvalue weighted by molar-refractivity contribution is 0.181. The van der Waals surface area contributed by atoms with Crippen molar-refractivity contribution >= 4 is 45.0 Å². The molecule has 0 aliphatic carbocycles. The molecule has 5 heteroatoms. The van der Waals surface area contributed by atoms with E-state index in [1.165, 1.54) is 0 Å². The summed E-state index contributed by atoms with van der Waals surface area (Å²) >= 11 is 8.39. The monoisotopic (exact) mass is 410 g/mol. The fraction of sp³-hybridized carbons (Fsp3) is 0.125. The number of methoxy groups -OCH3 is 1. The predicted molar refractivity (Wildman–Crippen MR) is 93.4 cm³/mol. The lowest BCUT2D eigenvalue weighted by Crippen LogP contribution is -2.02. The number of fused-ring (bicyclic) bond motifs is 1. The van der Waals surface area contributed by atoms with Crippen LogP contribution in [0.15, 0.2) is 42.5 Å². The third-order valence-corrected chi connectivity index (χ3v) is 4.92. The lowest BCUT2D eigenvalue weighted by Gasteiger charge is -2.09. The van der Waals surface area contributed by atoms with Crippen molar-refractivity contribution in [1.29, 1.82) is 0 Å². The van der Waals surface area contributed by atoms with E-state index in [2.05, 4.69) is 50.8 Å². The van der Waals surface area contributed by atoms with E-state index in [1.54, 1.807) is 7.11 Å². The smallest absolute Gasteiger partial charge is 0.161 e. The number of halogens is 2. The highest BCUT2D eigenvalue weighted by atomic mass is 127. The van der Waals surface area contributed by atoms with Gasteiger partial charge in [0.25, 0.3) is 0 Å². The van der Waals surface area contributed by atoms with Gasteiger partial charge >= 0.3 is 0 Å². The van der Waals surface area contributed by atoms with Crippen LogP contribution in [0.2, 0.25) is 5.15 Å². The van der Waals surface area contributed by atoms with Crippen molar-refractivity contribution in [3.8, 4) is 11.4 Å². The molecule has 3 aromatic rings. The molecule has 21 heavy (non-hydrogen) atoms. The van der Waals surface area contributed by atoms with Crippen molar-refractivity contribution in [2.24, 2.45) is 0 Å². The number of ether oxygens (including phenoxy) is 1. The first-order valence-electron chi connectivity index (χ1n) is 6.39. The first-order valence-corrected chi connectivity index (χ1v) is 7.85. The molecule has 0 aliphatic rings. The Morgan fingerprint density at radius 2 is 1.86 bits per heavy atom. The standard InChI is InChI=1S/C16H12ClIN2O/c1-21-9-13-14(18)15(17)20-16(19-13)12-8-4-6-10-5-2-3-7-11(10)12/h2-8H,9H2,1H3. The first kappa shape index (κ1) is 14.7. The lowest BCUT2D eigenvalue weighted by atomic mass is 10.0. The molecule has 0 saturated heterocycles. The molecule has 0 atom stereocenters. The van der Waals surface area contributed by atoms with Crippen molar-refractivity contribution in [2.75, 3.05) is 7.11 Å². The summed E-state index contributed by atoms with van der Waals surface area (Å²) in [5.74, 6) is 0.629. The molecule has 0 aliphatic heterocycles. The maximum Gasteiger partial charge on any atom is 0.161 e. The molecule has 3 nitrogen and oxygen atoms in total. The zero-order chi connectivity index (χ0) is 14.8. The van der Waals surface area contributed by atoms with Gasteiger partial charge in [0.1, 0.15) is 5.15 Å². The van der Waals surface area contributed by atoms with Crippen LogP contribution in [-0.2, 0) is 11.3 Å². The molecule has 1 heterocycles. The van der Waals surface area contributed by atoms with Gasteiger partial charge in [-0.15, -0.1) is 0 Å². The van der Waals surface area contributed by atoms with Crippen LogP contribution in [0, 0.1) is 3.57 Å². The molecule has 0 fully saturated rings. The third kappa shape index (κ3) is 2.88. The Balaban J connectivity index is 2.23. The minimum atomic E-state index is 0.415. The summed E-state index contributed by atoms with van der Waals surface area (Å²) in [6, 6.07) is 14.3. The summed E-state index contributed by atoms with van der Waals surface area (Å²) in [5.41, 5.74) is 1.78. The maximum absolute atomic E-state index is 6.24. The molecule has 3 rings (SSSR count). The fourth-order valence-corrected chi connectivity index (χ4v) is 2.82. The quantitative estimate of drug-likeness (QED) is 0.464.